The Morgan fingerprint density at radius 1 is 1.05 bits per heavy atom. The molecule has 0 aliphatic rings. The lowest BCUT2D eigenvalue weighted by molar-refractivity contribution is 0.103. The summed E-state index contributed by atoms with van der Waals surface area (Å²) in [5.74, 6) is -0.203. The van der Waals surface area contributed by atoms with Crippen molar-refractivity contribution in [2.24, 2.45) is 0 Å². The molecule has 116 valence electrons. The highest BCUT2D eigenvalue weighted by molar-refractivity contribution is 7.90. The third-order valence-electron chi connectivity index (χ3n) is 3.07. The molecule has 3 N–H and O–H groups in total. The summed E-state index contributed by atoms with van der Waals surface area (Å²) >= 11 is 0. The van der Waals surface area contributed by atoms with Crippen molar-refractivity contribution in [1.29, 1.82) is 0 Å². The molecule has 0 heterocycles. The van der Waals surface area contributed by atoms with Gasteiger partial charge in [-0.2, -0.15) is 12.7 Å². The monoisotopic (exact) mass is 319 g/mol. The molecular weight excluding hydrogens is 302 g/mol. The SMILES string of the molecule is CN(C)S(=O)(=O)Nc1cc(C(=O)c2ccccc2)ccc1N. The lowest BCUT2D eigenvalue weighted by atomic mass is 10.0. The number of nitrogen functional groups attached to an aromatic ring is 1. The van der Waals surface area contributed by atoms with Crippen LogP contribution in [0.5, 0.6) is 0 Å². The molecule has 0 radical (unpaired) electrons. The lowest BCUT2D eigenvalue weighted by Crippen LogP contribution is -2.29. The second-order valence-electron chi connectivity index (χ2n) is 4.89. The number of rotatable bonds is 5. The van der Waals surface area contributed by atoms with Gasteiger partial charge in [-0.3, -0.25) is 9.52 Å². The van der Waals surface area contributed by atoms with Crippen molar-refractivity contribution in [2.45, 2.75) is 0 Å². The van der Waals surface area contributed by atoms with E-state index >= 15 is 0 Å². The van der Waals surface area contributed by atoms with E-state index in [1.807, 2.05) is 6.07 Å². The van der Waals surface area contributed by atoms with E-state index in [9.17, 15) is 13.2 Å². The molecule has 7 heteroatoms. The van der Waals surface area contributed by atoms with Crippen LogP contribution in [0.3, 0.4) is 0 Å². The van der Waals surface area contributed by atoms with E-state index < -0.39 is 10.2 Å². The van der Waals surface area contributed by atoms with Crippen molar-refractivity contribution in [1.82, 2.24) is 4.31 Å². The van der Waals surface area contributed by atoms with Crippen LogP contribution in [0.1, 0.15) is 15.9 Å². The van der Waals surface area contributed by atoms with Crippen LogP contribution < -0.4 is 10.5 Å². The van der Waals surface area contributed by atoms with E-state index in [1.165, 1.54) is 26.2 Å². The van der Waals surface area contributed by atoms with Crippen molar-refractivity contribution < 1.29 is 13.2 Å². The fourth-order valence-corrected chi connectivity index (χ4v) is 2.41. The molecule has 0 amide bonds. The number of carbonyl (C=O) groups is 1. The lowest BCUT2D eigenvalue weighted by Gasteiger charge is -2.15. The van der Waals surface area contributed by atoms with Crippen LogP contribution in [-0.2, 0) is 10.2 Å². The smallest absolute Gasteiger partial charge is 0.301 e. The van der Waals surface area contributed by atoms with Crippen molar-refractivity contribution in [3.8, 4) is 0 Å². The Morgan fingerprint density at radius 3 is 2.27 bits per heavy atom. The van der Waals surface area contributed by atoms with Gasteiger partial charge in [-0.25, -0.2) is 0 Å². The molecule has 0 spiro atoms. The minimum atomic E-state index is -3.69. The molecule has 0 saturated heterocycles. The van der Waals surface area contributed by atoms with E-state index in [-0.39, 0.29) is 17.2 Å². The number of carbonyl (C=O) groups excluding carboxylic acids is 1. The molecule has 0 saturated carbocycles. The highest BCUT2D eigenvalue weighted by Crippen LogP contribution is 2.23. The molecule has 2 aromatic rings. The van der Waals surface area contributed by atoms with Gasteiger partial charge >= 0.3 is 10.2 Å². The average molecular weight is 319 g/mol. The summed E-state index contributed by atoms with van der Waals surface area (Å²) in [7, 11) is -0.888. The summed E-state index contributed by atoms with van der Waals surface area (Å²) in [6.45, 7) is 0. The Bertz CT molecular complexity index is 787. The first kappa shape index (κ1) is 16.0. The van der Waals surface area contributed by atoms with Crippen LogP contribution in [-0.4, -0.2) is 32.6 Å². The molecule has 2 aromatic carbocycles. The third-order valence-corrected chi connectivity index (χ3v) is 4.51. The van der Waals surface area contributed by atoms with Gasteiger partial charge in [0, 0.05) is 25.2 Å². The normalized spacial score (nSPS) is 11.4. The fourth-order valence-electron chi connectivity index (χ4n) is 1.77. The van der Waals surface area contributed by atoms with E-state index in [0.717, 1.165) is 4.31 Å². The van der Waals surface area contributed by atoms with Crippen LogP contribution in [0.25, 0.3) is 0 Å². The quantitative estimate of drug-likeness (QED) is 0.648. The van der Waals surface area contributed by atoms with Gasteiger partial charge in [-0.05, 0) is 18.2 Å². The predicted octanol–water partition coefficient (Wildman–Crippen LogP) is 1.72. The second-order valence-corrected chi connectivity index (χ2v) is 6.77. The molecule has 0 aliphatic heterocycles. The minimum Gasteiger partial charge on any atom is -0.397 e. The maximum atomic E-state index is 12.4. The number of benzene rings is 2. The first-order valence-electron chi connectivity index (χ1n) is 6.51. The third kappa shape index (κ3) is 3.44. The Hall–Kier alpha value is -2.38. The maximum Gasteiger partial charge on any atom is 0.301 e. The topological polar surface area (TPSA) is 92.5 Å². The molecule has 0 unspecified atom stereocenters. The van der Waals surface area contributed by atoms with Gasteiger partial charge < -0.3 is 5.73 Å². The number of nitrogens with two attached hydrogens (primary N) is 1. The van der Waals surface area contributed by atoms with Crippen molar-refractivity contribution in [2.75, 3.05) is 24.6 Å². The van der Waals surface area contributed by atoms with E-state index in [4.69, 9.17) is 5.73 Å². The molecule has 6 nitrogen and oxygen atoms in total. The van der Waals surface area contributed by atoms with Gasteiger partial charge in [0.1, 0.15) is 0 Å². The van der Waals surface area contributed by atoms with Crippen LogP contribution in [0.2, 0.25) is 0 Å². The van der Waals surface area contributed by atoms with Gasteiger partial charge in [0.05, 0.1) is 11.4 Å². The molecule has 0 atom stereocenters. The number of anilines is 2. The summed E-state index contributed by atoms with van der Waals surface area (Å²) in [5, 5.41) is 0. The van der Waals surface area contributed by atoms with Gasteiger partial charge in [0.25, 0.3) is 0 Å². The number of hydrogen-bond acceptors (Lipinski definition) is 4. The zero-order chi connectivity index (χ0) is 16.3. The molecule has 2 rings (SSSR count). The fraction of sp³-hybridized carbons (Fsp3) is 0.133. The largest absolute Gasteiger partial charge is 0.397 e. The molecule has 0 aliphatic carbocycles. The summed E-state index contributed by atoms with van der Waals surface area (Å²) in [4.78, 5) is 12.4. The number of nitrogens with one attached hydrogen (secondary N) is 1. The van der Waals surface area contributed by atoms with Crippen LogP contribution in [0.4, 0.5) is 11.4 Å². The zero-order valence-electron chi connectivity index (χ0n) is 12.3. The van der Waals surface area contributed by atoms with Gasteiger partial charge in [0.15, 0.2) is 5.78 Å². The van der Waals surface area contributed by atoms with Crippen molar-refractivity contribution >= 4 is 27.4 Å². The zero-order valence-corrected chi connectivity index (χ0v) is 13.1. The summed E-state index contributed by atoms with van der Waals surface area (Å²) in [5.41, 5.74) is 7.08. The van der Waals surface area contributed by atoms with Crippen molar-refractivity contribution in [3.05, 3.63) is 59.7 Å². The average Bonchev–Trinajstić information content (AvgIpc) is 2.49. The highest BCUT2D eigenvalue weighted by Gasteiger charge is 2.17. The van der Waals surface area contributed by atoms with Gasteiger partial charge in [-0.15, -0.1) is 0 Å². The molecule has 0 aromatic heterocycles. The molecule has 0 fully saturated rings. The summed E-state index contributed by atoms with van der Waals surface area (Å²) in [6.07, 6.45) is 0. The first-order valence-corrected chi connectivity index (χ1v) is 7.95. The molecule has 22 heavy (non-hydrogen) atoms. The Kier molecular flexibility index (Phi) is 4.48. The minimum absolute atomic E-state index is 0.176. The van der Waals surface area contributed by atoms with Crippen molar-refractivity contribution in [3.63, 3.8) is 0 Å². The van der Waals surface area contributed by atoms with Crippen LogP contribution in [0, 0.1) is 0 Å². The standard InChI is InChI=1S/C15H17N3O3S/c1-18(2)22(20,21)17-14-10-12(8-9-13(14)16)15(19)11-6-4-3-5-7-11/h3-10,17H,16H2,1-2H3. The van der Waals surface area contributed by atoms with E-state index in [2.05, 4.69) is 4.72 Å². The Labute approximate surface area is 129 Å². The number of nitrogens with zero attached hydrogens (tertiary/aromatic N) is 1. The van der Waals surface area contributed by atoms with Gasteiger partial charge in [-0.1, -0.05) is 30.3 Å². The highest BCUT2D eigenvalue weighted by atomic mass is 32.2. The van der Waals surface area contributed by atoms with Gasteiger partial charge in [0.2, 0.25) is 0 Å². The molecule has 0 bridgehead atoms. The Balaban J connectivity index is 2.37. The number of ketones is 1. The summed E-state index contributed by atoms with van der Waals surface area (Å²) in [6, 6.07) is 13.2. The first-order chi connectivity index (χ1) is 10.3. The van der Waals surface area contributed by atoms with Crippen LogP contribution in [0.15, 0.2) is 48.5 Å². The summed E-state index contributed by atoms with van der Waals surface area (Å²) < 4.78 is 27.1. The predicted molar refractivity (Wildman–Crippen MR) is 87.0 cm³/mol. The Morgan fingerprint density at radius 2 is 1.68 bits per heavy atom. The van der Waals surface area contributed by atoms with E-state index in [1.54, 1.807) is 30.3 Å². The molecular formula is C15H17N3O3S. The number of hydrogen-bond donors (Lipinski definition) is 2. The van der Waals surface area contributed by atoms with Crippen LogP contribution >= 0.6 is 0 Å². The maximum absolute atomic E-state index is 12.4. The van der Waals surface area contributed by atoms with E-state index in [0.29, 0.717) is 11.1 Å². The second kappa shape index (κ2) is 6.17.